The fourth-order valence-corrected chi connectivity index (χ4v) is 1.27. The zero-order chi connectivity index (χ0) is 12.0. The number of rotatable bonds is 5. The summed E-state index contributed by atoms with van der Waals surface area (Å²) in [4.78, 5) is 11.6. The van der Waals surface area contributed by atoms with Crippen LogP contribution >= 0.6 is 0 Å². The number of nitrogens with one attached hydrogen (secondary N) is 1. The van der Waals surface area contributed by atoms with Gasteiger partial charge >= 0.3 is 0 Å². The van der Waals surface area contributed by atoms with Crippen LogP contribution in [0, 0.1) is 0 Å². The monoisotopic (exact) mass is 222 g/mol. The van der Waals surface area contributed by atoms with Crippen LogP contribution < -0.4 is 15.8 Å². The minimum absolute atomic E-state index is 0.0994. The summed E-state index contributed by atoms with van der Waals surface area (Å²) >= 11 is 0. The van der Waals surface area contributed by atoms with Crippen LogP contribution in [-0.4, -0.2) is 25.1 Å². The number of carbonyl (C=O) groups is 1. The van der Waals surface area contributed by atoms with Crippen LogP contribution in [0.15, 0.2) is 24.3 Å². The summed E-state index contributed by atoms with van der Waals surface area (Å²) in [6, 6.07) is 7.11. The number of hydrogen-bond donors (Lipinski definition) is 2. The van der Waals surface area contributed by atoms with E-state index in [-0.39, 0.29) is 12.0 Å². The fourth-order valence-electron chi connectivity index (χ4n) is 1.27. The first-order valence-corrected chi connectivity index (χ1v) is 5.38. The van der Waals surface area contributed by atoms with Crippen LogP contribution in [0.3, 0.4) is 0 Å². The predicted octanol–water partition coefficient (Wildman–Crippen LogP) is 1.16. The maximum Gasteiger partial charge on any atom is 0.251 e. The molecule has 0 unspecified atom stereocenters. The molecule has 0 aliphatic carbocycles. The Morgan fingerprint density at radius 1 is 1.50 bits per heavy atom. The van der Waals surface area contributed by atoms with Crippen molar-refractivity contribution in [2.75, 3.05) is 13.1 Å². The van der Waals surface area contributed by atoms with E-state index in [9.17, 15) is 4.79 Å². The molecular formula is C12H18N2O2. The molecule has 0 radical (unpaired) electrons. The van der Waals surface area contributed by atoms with Gasteiger partial charge in [0, 0.05) is 18.7 Å². The summed E-state index contributed by atoms with van der Waals surface area (Å²) in [5.74, 6) is 0.579. The molecular weight excluding hydrogens is 204 g/mol. The molecule has 3 N–H and O–H groups in total. The molecule has 4 nitrogen and oxygen atoms in total. The van der Waals surface area contributed by atoms with E-state index in [0.29, 0.717) is 24.4 Å². The molecule has 16 heavy (non-hydrogen) atoms. The van der Waals surface area contributed by atoms with Gasteiger partial charge in [-0.15, -0.1) is 0 Å². The minimum atomic E-state index is -0.125. The molecule has 88 valence electrons. The van der Waals surface area contributed by atoms with Crippen LogP contribution in [0.2, 0.25) is 0 Å². The molecule has 1 aromatic rings. The Morgan fingerprint density at radius 3 is 2.88 bits per heavy atom. The van der Waals surface area contributed by atoms with E-state index in [1.807, 2.05) is 19.9 Å². The highest BCUT2D eigenvalue weighted by Gasteiger charge is 2.06. The maximum absolute atomic E-state index is 11.6. The van der Waals surface area contributed by atoms with Crippen LogP contribution in [0.5, 0.6) is 5.75 Å². The minimum Gasteiger partial charge on any atom is -0.491 e. The smallest absolute Gasteiger partial charge is 0.251 e. The topological polar surface area (TPSA) is 64.3 Å². The Bertz CT molecular complexity index is 351. The Balaban J connectivity index is 2.69. The molecule has 0 aliphatic rings. The van der Waals surface area contributed by atoms with Crippen LogP contribution in [0.25, 0.3) is 0 Å². The molecule has 1 aromatic carbocycles. The van der Waals surface area contributed by atoms with Gasteiger partial charge in [-0.2, -0.15) is 0 Å². The Labute approximate surface area is 95.8 Å². The lowest BCUT2D eigenvalue weighted by Gasteiger charge is -2.10. The standard InChI is InChI=1S/C12H18N2O2/c1-9(2)16-11-5-3-4-10(8-11)12(15)14-7-6-13/h3-5,8-9H,6-7,13H2,1-2H3,(H,14,15). The van der Waals surface area contributed by atoms with E-state index in [1.54, 1.807) is 18.2 Å². The lowest BCUT2D eigenvalue weighted by atomic mass is 10.2. The van der Waals surface area contributed by atoms with Gasteiger partial charge in [-0.25, -0.2) is 0 Å². The third-order valence-corrected chi connectivity index (χ3v) is 1.90. The van der Waals surface area contributed by atoms with Crippen LogP contribution in [0.1, 0.15) is 24.2 Å². The molecule has 0 bridgehead atoms. The van der Waals surface area contributed by atoms with Gasteiger partial charge in [-0.3, -0.25) is 4.79 Å². The third-order valence-electron chi connectivity index (χ3n) is 1.90. The lowest BCUT2D eigenvalue weighted by molar-refractivity contribution is 0.0954. The normalized spacial score (nSPS) is 10.2. The highest BCUT2D eigenvalue weighted by atomic mass is 16.5. The maximum atomic E-state index is 11.6. The van der Waals surface area contributed by atoms with E-state index in [4.69, 9.17) is 10.5 Å². The van der Waals surface area contributed by atoms with Crippen molar-refractivity contribution in [2.45, 2.75) is 20.0 Å². The van der Waals surface area contributed by atoms with E-state index in [2.05, 4.69) is 5.32 Å². The number of hydrogen-bond acceptors (Lipinski definition) is 3. The van der Waals surface area contributed by atoms with Crippen LogP contribution in [-0.2, 0) is 0 Å². The van der Waals surface area contributed by atoms with Gasteiger partial charge in [-0.05, 0) is 32.0 Å². The van der Waals surface area contributed by atoms with Crippen LogP contribution in [0.4, 0.5) is 0 Å². The highest BCUT2D eigenvalue weighted by molar-refractivity contribution is 5.94. The lowest BCUT2D eigenvalue weighted by Crippen LogP contribution is -2.28. The summed E-state index contributed by atoms with van der Waals surface area (Å²) in [7, 11) is 0. The SMILES string of the molecule is CC(C)Oc1cccc(C(=O)NCCN)c1. The van der Waals surface area contributed by atoms with Crippen molar-refractivity contribution < 1.29 is 9.53 Å². The molecule has 0 fully saturated rings. The zero-order valence-electron chi connectivity index (χ0n) is 9.69. The van der Waals surface area contributed by atoms with Crippen molar-refractivity contribution in [1.29, 1.82) is 0 Å². The second-order valence-electron chi connectivity index (χ2n) is 3.74. The summed E-state index contributed by atoms with van der Waals surface area (Å²) in [5, 5.41) is 2.71. The molecule has 0 atom stereocenters. The molecule has 1 amide bonds. The quantitative estimate of drug-likeness (QED) is 0.785. The fraction of sp³-hybridized carbons (Fsp3) is 0.417. The second kappa shape index (κ2) is 6.12. The van der Waals surface area contributed by atoms with Crippen molar-refractivity contribution in [2.24, 2.45) is 5.73 Å². The first-order valence-electron chi connectivity index (χ1n) is 5.38. The summed E-state index contributed by atoms with van der Waals surface area (Å²) in [5.41, 5.74) is 5.90. The van der Waals surface area contributed by atoms with E-state index >= 15 is 0 Å². The second-order valence-corrected chi connectivity index (χ2v) is 3.74. The highest BCUT2D eigenvalue weighted by Crippen LogP contribution is 2.14. The van der Waals surface area contributed by atoms with Gasteiger partial charge < -0.3 is 15.8 Å². The Morgan fingerprint density at radius 2 is 2.25 bits per heavy atom. The molecule has 1 rings (SSSR count). The number of amides is 1. The molecule has 0 saturated heterocycles. The number of ether oxygens (including phenoxy) is 1. The molecule has 4 heteroatoms. The van der Waals surface area contributed by atoms with Gasteiger partial charge in [0.2, 0.25) is 0 Å². The van der Waals surface area contributed by atoms with Crippen molar-refractivity contribution in [3.63, 3.8) is 0 Å². The van der Waals surface area contributed by atoms with Crippen molar-refractivity contribution in [1.82, 2.24) is 5.32 Å². The van der Waals surface area contributed by atoms with Gasteiger partial charge in [0.05, 0.1) is 6.10 Å². The van der Waals surface area contributed by atoms with Gasteiger partial charge in [0.25, 0.3) is 5.91 Å². The number of benzene rings is 1. The average molecular weight is 222 g/mol. The summed E-state index contributed by atoms with van der Waals surface area (Å²) in [6.07, 6.45) is 0.0994. The zero-order valence-corrected chi connectivity index (χ0v) is 9.69. The molecule has 0 heterocycles. The Kier molecular flexibility index (Phi) is 4.79. The molecule has 0 aliphatic heterocycles. The van der Waals surface area contributed by atoms with Crippen molar-refractivity contribution >= 4 is 5.91 Å². The first kappa shape index (κ1) is 12.5. The predicted molar refractivity (Wildman–Crippen MR) is 63.6 cm³/mol. The largest absolute Gasteiger partial charge is 0.491 e. The molecule has 0 spiro atoms. The molecule has 0 saturated carbocycles. The molecule has 0 aromatic heterocycles. The average Bonchev–Trinajstić information content (AvgIpc) is 2.25. The van der Waals surface area contributed by atoms with Crippen molar-refractivity contribution in [3.05, 3.63) is 29.8 Å². The summed E-state index contributed by atoms with van der Waals surface area (Å²) in [6.45, 7) is 4.81. The van der Waals surface area contributed by atoms with E-state index in [0.717, 1.165) is 0 Å². The summed E-state index contributed by atoms with van der Waals surface area (Å²) < 4.78 is 5.50. The van der Waals surface area contributed by atoms with Gasteiger partial charge in [0.15, 0.2) is 0 Å². The number of carbonyl (C=O) groups excluding carboxylic acids is 1. The van der Waals surface area contributed by atoms with E-state index in [1.165, 1.54) is 0 Å². The van der Waals surface area contributed by atoms with Gasteiger partial charge in [-0.1, -0.05) is 6.07 Å². The Hall–Kier alpha value is -1.55. The first-order chi connectivity index (χ1) is 7.63. The van der Waals surface area contributed by atoms with Gasteiger partial charge in [0.1, 0.15) is 5.75 Å². The number of nitrogens with two attached hydrogens (primary N) is 1. The van der Waals surface area contributed by atoms with Crippen molar-refractivity contribution in [3.8, 4) is 5.75 Å². The third kappa shape index (κ3) is 3.90. The van der Waals surface area contributed by atoms with E-state index < -0.39 is 0 Å².